The molecule has 104 valence electrons. The van der Waals surface area contributed by atoms with Crippen LogP contribution in [0.4, 0.5) is 0 Å². The molecule has 0 atom stereocenters. The molecule has 0 radical (unpaired) electrons. The molecule has 0 aromatic rings. The average Bonchev–Trinajstić information content (AvgIpc) is 2.31. The summed E-state index contributed by atoms with van der Waals surface area (Å²) in [5.41, 5.74) is 0. The minimum absolute atomic E-state index is 0.790. The van der Waals surface area contributed by atoms with Gasteiger partial charge in [-0.1, -0.05) is 20.8 Å². The highest BCUT2D eigenvalue weighted by Crippen LogP contribution is 2.24. The average molecular weight is 279 g/mol. The summed E-state index contributed by atoms with van der Waals surface area (Å²) in [5, 5.41) is 0. The smallest absolute Gasteiger partial charge is 0.345 e. The Bertz CT molecular complexity index is 190. The molecule has 0 amide bonds. The normalized spacial score (nSPS) is 13.1. The van der Waals surface area contributed by atoms with Crippen molar-refractivity contribution in [1.82, 2.24) is 0 Å². The monoisotopic (exact) mass is 278 g/mol. The Morgan fingerprint density at radius 1 is 0.647 bits per heavy atom. The van der Waals surface area contributed by atoms with E-state index < -0.39 is 15.9 Å². The lowest BCUT2D eigenvalue weighted by Crippen LogP contribution is -2.63. The van der Waals surface area contributed by atoms with Crippen LogP contribution in [0.25, 0.3) is 0 Å². The van der Waals surface area contributed by atoms with Gasteiger partial charge in [-0.05, 0) is 38.9 Å². The van der Waals surface area contributed by atoms with Crippen LogP contribution in [0, 0.1) is 0 Å². The molecule has 0 aliphatic heterocycles. The first-order valence-corrected chi connectivity index (χ1v) is 13.1. The second-order valence-corrected chi connectivity index (χ2v) is 17.1. The largest absolute Gasteiger partial charge is 0.414 e. The molecule has 0 bridgehead atoms. The molecule has 0 N–H and O–H groups in total. The van der Waals surface area contributed by atoms with E-state index >= 15 is 0 Å². The third-order valence-electron chi connectivity index (χ3n) is 2.92. The molecule has 5 heteroatoms. The molecular formula is C12H30O3Si2. The van der Waals surface area contributed by atoms with Crippen LogP contribution in [0.15, 0.2) is 0 Å². The van der Waals surface area contributed by atoms with Gasteiger partial charge in [0, 0.05) is 19.8 Å². The van der Waals surface area contributed by atoms with Gasteiger partial charge in [0.25, 0.3) is 0 Å². The standard InChI is InChI=1S/C12H30O3Si2/c1-7-10-13-16(4,5)17(6,14-11-8-2)15-12-9-3/h7-12H2,1-6H3. The Morgan fingerprint density at radius 2 is 1.00 bits per heavy atom. The molecule has 0 unspecified atom stereocenters. The summed E-state index contributed by atoms with van der Waals surface area (Å²) < 4.78 is 18.3. The van der Waals surface area contributed by atoms with Crippen LogP contribution >= 0.6 is 0 Å². The van der Waals surface area contributed by atoms with Crippen molar-refractivity contribution < 1.29 is 13.3 Å². The van der Waals surface area contributed by atoms with Gasteiger partial charge in [0.1, 0.15) is 0 Å². The quantitative estimate of drug-likeness (QED) is 0.571. The molecule has 3 nitrogen and oxygen atoms in total. The maximum absolute atomic E-state index is 6.10. The minimum Gasteiger partial charge on any atom is -0.414 e. The molecule has 0 aromatic heterocycles. The van der Waals surface area contributed by atoms with Crippen molar-refractivity contribution in [3.8, 4) is 0 Å². The first-order valence-electron chi connectivity index (χ1n) is 6.85. The molecule has 0 aromatic carbocycles. The molecule has 0 saturated heterocycles. The van der Waals surface area contributed by atoms with Crippen LogP contribution in [0.2, 0.25) is 19.6 Å². The fourth-order valence-electron chi connectivity index (χ4n) is 1.47. The molecule has 0 spiro atoms. The van der Waals surface area contributed by atoms with Crippen molar-refractivity contribution in [2.24, 2.45) is 0 Å². The number of rotatable bonds is 10. The van der Waals surface area contributed by atoms with Gasteiger partial charge in [0.15, 0.2) is 0 Å². The van der Waals surface area contributed by atoms with Crippen LogP contribution in [-0.2, 0) is 13.3 Å². The highest BCUT2D eigenvalue weighted by Gasteiger charge is 2.51. The first-order chi connectivity index (χ1) is 7.93. The van der Waals surface area contributed by atoms with E-state index in [-0.39, 0.29) is 0 Å². The summed E-state index contributed by atoms with van der Waals surface area (Å²) in [6.45, 7) is 15.5. The van der Waals surface area contributed by atoms with Gasteiger partial charge in [-0.3, -0.25) is 0 Å². The van der Waals surface area contributed by atoms with Crippen LogP contribution < -0.4 is 0 Å². The highest BCUT2D eigenvalue weighted by atomic mass is 29.3. The SMILES string of the molecule is CCCO[Si](C)(C)[Si](C)(OCCC)OCCC. The maximum Gasteiger partial charge on any atom is 0.345 e. The number of hydrogen-bond acceptors (Lipinski definition) is 3. The molecule has 0 aliphatic carbocycles. The minimum atomic E-state index is -2.14. The zero-order valence-corrected chi connectivity index (χ0v) is 14.5. The molecule has 0 heterocycles. The van der Waals surface area contributed by atoms with Gasteiger partial charge in [-0.25, -0.2) is 0 Å². The van der Waals surface area contributed by atoms with E-state index in [9.17, 15) is 0 Å². The van der Waals surface area contributed by atoms with E-state index in [1.807, 2.05) is 0 Å². The highest BCUT2D eigenvalue weighted by molar-refractivity contribution is 7.33. The van der Waals surface area contributed by atoms with Crippen LogP contribution in [0.5, 0.6) is 0 Å². The van der Waals surface area contributed by atoms with Crippen LogP contribution in [0.3, 0.4) is 0 Å². The molecule has 0 saturated carbocycles. The van der Waals surface area contributed by atoms with Crippen molar-refractivity contribution >= 4 is 15.9 Å². The summed E-state index contributed by atoms with van der Waals surface area (Å²) in [6, 6.07) is 0. The van der Waals surface area contributed by atoms with E-state index in [4.69, 9.17) is 13.3 Å². The van der Waals surface area contributed by atoms with Crippen molar-refractivity contribution in [1.29, 1.82) is 0 Å². The van der Waals surface area contributed by atoms with E-state index in [1.165, 1.54) is 0 Å². The van der Waals surface area contributed by atoms with Crippen molar-refractivity contribution in [2.45, 2.75) is 59.7 Å². The lowest BCUT2D eigenvalue weighted by atomic mass is 10.5. The van der Waals surface area contributed by atoms with Gasteiger partial charge in [-0.15, -0.1) is 0 Å². The summed E-state index contributed by atoms with van der Waals surface area (Å²) in [5.74, 6) is 0. The Hall–Kier alpha value is 0.314. The number of hydrogen-bond donors (Lipinski definition) is 0. The Kier molecular flexibility index (Phi) is 8.58. The van der Waals surface area contributed by atoms with E-state index in [0.29, 0.717) is 0 Å². The topological polar surface area (TPSA) is 27.7 Å². The molecule has 0 fully saturated rings. The zero-order valence-electron chi connectivity index (χ0n) is 12.5. The molecule has 17 heavy (non-hydrogen) atoms. The lowest BCUT2D eigenvalue weighted by molar-refractivity contribution is 0.178. The molecular weight excluding hydrogens is 248 g/mol. The lowest BCUT2D eigenvalue weighted by Gasteiger charge is -2.38. The summed E-state index contributed by atoms with van der Waals surface area (Å²) in [6.07, 6.45) is 3.13. The van der Waals surface area contributed by atoms with Gasteiger partial charge < -0.3 is 13.3 Å². The van der Waals surface area contributed by atoms with E-state index in [0.717, 1.165) is 39.1 Å². The fraction of sp³-hybridized carbons (Fsp3) is 1.00. The third kappa shape index (κ3) is 5.65. The molecule has 0 aliphatic rings. The van der Waals surface area contributed by atoms with Gasteiger partial charge in [0.05, 0.1) is 0 Å². The van der Waals surface area contributed by atoms with Crippen LogP contribution in [0.1, 0.15) is 40.0 Å². The van der Waals surface area contributed by atoms with Gasteiger partial charge in [-0.2, -0.15) is 0 Å². The van der Waals surface area contributed by atoms with E-state index in [2.05, 4.69) is 40.4 Å². The third-order valence-corrected chi connectivity index (χ3v) is 15.4. The Balaban J connectivity index is 4.60. The summed E-state index contributed by atoms with van der Waals surface area (Å²) in [7, 11) is -4.00. The van der Waals surface area contributed by atoms with Gasteiger partial charge >= 0.3 is 8.08 Å². The predicted molar refractivity (Wildman–Crippen MR) is 77.8 cm³/mol. The fourth-order valence-corrected chi connectivity index (χ4v) is 8.20. The Labute approximate surface area is 109 Å². The second-order valence-electron chi connectivity index (χ2n) is 5.00. The first kappa shape index (κ1) is 17.3. The summed E-state index contributed by atoms with van der Waals surface area (Å²) >= 11 is 0. The second kappa shape index (κ2) is 8.42. The van der Waals surface area contributed by atoms with E-state index in [1.54, 1.807) is 0 Å². The van der Waals surface area contributed by atoms with Crippen molar-refractivity contribution in [3.05, 3.63) is 0 Å². The van der Waals surface area contributed by atoms with Crippen molar-refractivity contribution in [3.63, 3.8) is 0 Å². The summed E-state index contributed by atoms with van der Waals surface area (Å²) in [4.78, 5) is 0. The van der Waals surface area contributed by atoms with Crippen LogP contribution in [-0.4, -0.2) is 35.7 Å². The van der Waals surface area contributed by atoms with Gasteiger partial charge in [0.2, 0.25) is 7.83 Å². The zero-order chi connectivity index (χ0) is 13.4. The molecule has 0 rings (SSSR count). The Morgan fingerprint density at radius 3 is 1.35 bits per heavy atom. The van der Waals surface area contributed by atoms with Crippen molar-refractivity contribution in [2.75, 3.05) is 19.8 Å². The predicted octanol–water partition coefficient (Wildman–Crippen LogP) is 3.62. The maximum atomic E-state index is 6.10.